The molecule has 1 atom stereocenters. The van der Waals surface area contributed by atoms with Crippen LogP contribution in [0.5, 0.6) is 5.75 Å². The zero-order valence-electron chi connectivity index (χ0n) is 24.5. The summed E-state index contributed by atoms with van der Waals surface area (Å²) in [7, 11) is 0. The first kappa shape index (κ1) is 34.0. The van der Waals surface area contributed by atoms with E-state index in [1.165, 1.54) is 11.3 Å². The number of halogens is 5. The Morgan fingerprint density at radius 3 is 2.45 bits per heavy atom. The minimum atomic E-state index is -0.815. The molecule has 0 spiro atoms. The number of nitrogens with zero attached hydrogens (tertiary/aromatic N) is 2. The number of benzene rings is 4. The molecule has 0 radical (unpaired) electrons. The second kappa shape index (κ2) is 14.7. The first-order valence-electron chi connectivity index (χ1n) is 14.2. The third-order valence-electron chi connectivity index (χ3n) is 7.27. The van der Waals surface area contributed by atoms with Crippen molar-refractivity contribution in [1.82, 2.24) is 4.57 Å². The van der Waals surface area contributed by atoms with Crippen LogP contribution in [0.25, 0.3) is 11.8 Å². The van der Waals surface area contributed by atoms with Crippen LogP contribution in [0.15, 0.2) is 105 Å². The van der Waals surface area contributed by atoms with Gasteiger partial charge >= 0.3 is 5.97 Å². The highest BCUT2D eigenvalue weighted by Gasteiger charge is 2.35. The van der Waals surface area contributed by atoms with Crippen molar-refractivity contribution in [3.05, 3.63) is 156 Å². The molecule has 1 aliphatic rings. The third kappa shape index (κ3) is 7.25. The van der Waals surface area contributed by atoms with Crippen LogP contribution in [0.2, 0.25) is 15.1 Å². The molecule has 1 aromatic heterocycles. The maximum Gasteiger partial charge on any atom is 0.338 e. The van der Waals surface area contributed by atoms with Gasteiger partial charge in [-0.3, -0.25) is 9.36 Å². The van der Waals surface area contributed by atoms with Crippen molar-refractivity contribution in [2.45, 2.75) is 19.6 Å². The molecule has 1 aliphatic heterocycles. The average molecular weight is 881 g/mol. The Morgan fingerprint density at radius 1 is 1.02 bits per heavy atom. The van der Waals surface area contributed by atoms with Gasteiger partial charge in [-0.25, -0.2) is 9.79 Å². The van der Waals surface area contributed by atoms with Gasteiger partial charge in [0.15, 0.2) is 4.80 Å². The van der Waals surface area contributed by atoms with Crippen LogP contribution in [0, 0.1) is 3.57 Å². The number of carbonyl (C=O) groups excluding carboxylic acids is 1. The third-order valence-corrected chi connectivity index (χ3v) is 10.4. The van der Waals surface area contributed by atoms with Gasteiger partial charge in [0.1, 0.15) is 12.4 Å². The van der Waals surface area contributed by atoms with Crippen molar-refractivity contribution in [3.8, 4) is 5.75 Å². The summed E-state index contributed by atoms with van der Waals surface area (Å²) in [5.74, 6) is 0.0273. The molecule has 0 bridgehead atoms. The largest absolute Gasteiger partial charge is 0.487 e. The first-order valence-corrected chi connectivity index (χ1v) is 18.1. The number of thiazole rings is 1. The smallest absolute Gasteiger partial charge is 0.338 e. The number of ether oxygens (including phenoxy) is 2. The Morgan fingerprint density at radius 2 is 1.74 bits per heavy atom. The van der Waals surface area contributed by atoms with Crippen LogP contribution in [-0.4, -0.2) is 17.1 Å². The normalized spacial score (nSPS) is 14.5. The molecule has 5 aromatic rings. The number of hydrogen-bond acceptors (Lipinski definition) is 6. The van der Waals surface area contributed by atoms with Crippen molar-refractivity contribution in [3.63, 3.8) is 0 Å². The van der Waals surface area contributed by atoms with Crippen molar-refractivity contribution >= 4 is 102 Å². The molecule has 0 unspecified atom stereocenters. The van der Waals surface area contributed by atoms with Crippen LogP contribution >= 0.6 is 84.7 Å². The van der Waals surface area contributed by atoms with Crippen molar-refractivity contribution in [1.29, 1.82) is 0 Å². The summed E-state index contributed by atoms with van der Waals surface area (Å²) in [6, 6.07) is 24.7. The lowest BCUT2D eigenvalue weighted by Crippen LogP contribution is -2.40. The summed E-state index contributed by atoms with van der Waals surface area (Å²) in [6.45, 7) is 2.09. The van der Waals surface area contributed by atoms with Gasteiger partial charge in [0.2, 0.25) is 0 Å². The first-order chi connectivity index (χ1) is 22.6. The Labute approximate surface area is 311 Å². The van der Waals surface area contributed by atoms with Gasteiger partial charge < -0.3 is 9.47 Å². The molecule has 6 rings (SSSR count). The number of rotatable bonds is 8. The molecule has 0 saturated carbocycles. The highest BCUT2D eigenvalue weighted by molar-refractivity contribution is 14.1. The van der Waals surface area contributed by atoms with E-state index in [1.54, 1.807) is 41.8 Å². The Kier molecular flexibility index (Phi) is 10.6. The average Bonchev–Trinajstić information content (AvgIpc) is 3.35. The molecule has 12 heteroatoms. The fourth-order valence-electron chi connectivity index (χ4n) is 5.17. The molecule has 4 aromatic carbocycles. The fraction of sp³-hybridized carbons (Fsp3) is 0.114. The molecule has 47 heavy (non-hydrogen) atoms. The molecule has 2 heterocycles. The van der Waals surface area contributed by atoms with Gasteiger partial charge in [0, 0.05) is 36.2 Å². The van der Waals surface area contributed by atoms with Gasteiger partial charge in [0.05, 0.1) is 32.0 Å². The summed E-state index contributed by atoms with van der Waals surface area (Å²) in [5, 5.41) is 1.56. The number of fused-ring (bicyclic) bond motifs is 1. The number of esters is 1. The van der Waals surface area contributed by atoms with Crippen molar-refractivity contribution in [2.75, 3.05) is 6.61 Å². The topological polar surface area (TPSA) is 69.9 Å². The van der Waals surface area contributed by atoms with Gasteiger partial charge in [0.25, 0.3) is 5.56 Å². The summed E-state index contributed by atoms with van der Waals surface area (Å²) in [5.41, 5.74) is 3.25. The Balaban J connectivity index is 1.55. The highest BCUT2D eigenvalue weighted by Crippen LogP contribution is 2.36. The van der Waals surface area contributed by atoms with Gasteiger partial charge in [-0.1, -0.05) is 111 Å². The molecule has 0 saturated heterocycles. The number of hydrogen-bond donors (Lipinski definition) is 0. The monoisotopic (exact) mass is 878 g/mol. The van der Waals surface area contributed by atoms with Crippen LogP contribution in [0.3, 0.4) is 0 Å². The maximum atomic E-state index is 14.4. The molecule has 0 N–H and O–H groups in total. The van der Waals surface area contributed by atoms with Crippen LogP contribution < -0.4 is 19.6 Å². The number of carbonyl (C=O) groups is 1. The van der Waals surface area contributed by atoms with Gasteiger partial charge in [-0.2, -0.15) is 0 Å². The summed E-state index contributed by atoms with van der Waals surface area (Å²) < 4.78 is 15.4. The van der Waals surface area contributed by atoms with E-state index in [9.17, 15) is 9.59 Å². The predicted molar refractivity (Wildman–Crippen MR) is 200 cm³/mol. The molecule has 0 fully saturated rings. The second-order valence-corrected chi connectivity index (χ2v) is 14.7. The Bertz CT molecular complexity index is 2220. The van der Waals surface area contributed by atoms with Crippen molar-refractivity contribution < 1.29 is 14.3 Å². The van der Waals surface area contributed by atoms with E-state index < -0.39 is 12.0 Å². The molecule has 6 nitrogen and oxygen atoms in total. The molecular weight excluding hydrogens is 858 g/mol. The second-order valence-electron chi connectivity index (χ2n) is 10.3. The van der Waals surface area contributed by atoms with E-state index in [2.05, 4.69) is 38.5 Å². The molecule has 238 valence electrons. The minimum absolute atomic E-state index is 0.160. The lowest BCUT2D eigenvalue weighted by atomic mass is 9.93. The van der Waals surface area contributed by atoms with E-state index in [4.69, 9.17) is 49.3 Å². The standard InChI is InChI=1S/C35H23BrCl3IN2O4S/c1-2-45-34(44)29-30(19-6-4-3-5-7-19)41-35-42(31(29)20-8-11-24(37)12-9-20)33(43)28(47-35)15-22-14-23(36)16-27(40)32(22)46-18-21-10-13-25(38)17-26(21)39/h3-17,31H,2,18H2,1H3/b28-15-/t31-/m1/s1. The summed E-state index contributed by atoms with van der Waals surface area (Å²) >= 11 is 25.8. The zero-order chi connectivity index (χ0) is 33.2. The SMILES string of the molecule is CCOC(=O)C1=C(c2ccccc2)N=c2s/c(=C\c3cc(Br)cc(I)c3OCc3ccc(Cl)cc3Cl)c(=O)n2[C@@H]1c1ccc(Cl)cc1. The quantitative estimate of drug-likeness (QED) is 0.116. The van der Waals surface area contributed by atoms with Crippen LogP contribution in [0.1, 0.15) is 35.2 Å². The highest BCUT2D eigenvalue weighted by atomic mass is 127. The van der Waals surface area contributed by atoms with Crippen LogP contribution in [0.4, 0.5) is 0 Å². The Hall–Kier alpha value is -2.93. The predicted octanol–water partition coefficient (Wildman–Crippen LogP) is 8.84. The van der Waals surface area contributed by atoms with E-state index >= 15 is 0 Å². The molecule has 0 amide bonds. The lowest BCUT2D eigenvalue weighted by Gasteiger charge is -2.26. The van der Waals surface area contributed by atoms with Gasteiger partial charge in [-0.15, -0.1) is 0 Å². The maximum absolute atomic E-state index is 14.4. The van der Waals surface area contributed by atoms with E-state index in [1.807, 2.05) is 60.7 Å². The fourth-order valence-corrected chi connectivity index (χ4v) is 8.46. The van der Waals surface area contributed by atoms with Gasteiger partial charge in [-0.05, 0) is 77.6 Å². The number of aromatic nitrogens is 1. The van der Waals surface area contributed by atoms with Crippen molar-refractivity contribution in [2.24, 2.45) is 4.99 Å². The summed E-state index contributed by atoms with van der Waals surface area (Å²) in [6.07, 6.45) is 1.78. The summed E-state index contributed by atoms with van der Waals surface area (Å²) in [4.78, 5) is 33.4. The minimum Gasteiger partial charge on any atom is -0.487 e. The van der Waals surface area contributed by atoms with E-state index in [0.29, 0.717) is 47.0 Å². The van der Waals surface area contributed by atoms with E-state index in [-0.39, 0.29) is 24.3 Å². The van der Waals surface area contributed by atoms with Crippen LogP contribution in [-0.2, 0) is 16.1 Å². The molecular formula is C35H23BrCl3IN2O4S. The lowest BCUT2D eigenvalue weighted by molar-refractivity contribution is -0.138. The van der Waals surface area contributed by atoms with E-state index in [0.717, 1.165) is 19.2 Å². The molecule has 0 aliphatic carbocycles. The zero-order valence-corrected chi connectivity index (χ0v) is 31.3.